The molecule has 3 aromatic rings. The zero-order chi connectivity index (χ0) is 14.5. The van der Waals surface area contributed by atoms with Gasteiger partial charge in [-0.1, -0.05) is 49.9 Å². The highest BCUT2D eigenvalue weighted by Gasteiger charge is 2.15. The van der Waals surface area contributed by atoms with E-state index in [9.17, 15) is 0 Å². The van der Waals surface area contributed by atoms with Crippen LogP contribution in [0.5, 0.6) is 5.75 Å². The quantitative estimate of drug-likeness (QED) is 0.669. The smallest absolute Gasteiger partial charge is 0.134 e. The van der Waals surface area contributed by atoms with Crippen LogP contribution in [0.15, 0.2) is 60.0 Å². The fourth-order valence-electron chi connectivity index (χ4n) is 2.46. The number of thiophene rings is 1. The lowest BCUT2D eigenvalue weighted by Crippen LogP contribution is -2.15. The van der Waals surface area contributed by atoms with E-state index in [2.05, 4.69) is 65.3 Å². The second kappa shape index (κ2) is 7.97. The number of fused-ring (bicyclic) bond motifs is 1. The van der Waals surface area contributed by atoms with Gasteiger partial charge < -0.3 is 10.1 Å². The Morgan fingerprint density at radius 1 is 1.05 bits per heavy atom. The SMILES string of the molecule is C.CNCC[C@H](Oc1cccc2ccccc12)c1cccs1. The van der Waals surface area contributed by atoms with Gasteiger partial charge in [0.25, 0.3) is 0 Å². The molecule has 0 unspecified atom stereocenters. The Kier molecular flexibility index (Phi) is 5.99. The highest BCUT2D eigenvalue weighted by molar-refractivity contribution is 7.10. The summed E-state index contributed by atoms with van der Waals surface area (Å²) in [6, 6.07) is 18.8. The highest BCUT2D eigenvalue weighted by Crippen LogP contribution is 2.32. The van der Waals surface area contributed by atoms with Crippen molar-refractivity contribution in [2.75, 3.05) is 13.6 Å². The molecule has 0 spiro atoms. The molecule has 2 aromatic carbocycles. The fourth-order valence-corrected chi connectivity index (χ4v) is 3.25. The van der Waals surface area contributed by atoms with Crippen molar-refractivity contribution in [2.24, 2.45) is 0 Å². The molecular formula is C19H23NOS. The largest absolute Gasteiger partial charge is 0.484 e. The van der Waals surface area contributed by atoms with Gasteiger partial charge in [0, 0.05) is 16.7 Å². The zero-order valence-corrected chi connectivity index (χ0v) is 12.9. The minimum absolute atomic E-state index is 0. The van der Waals surface area contributed by atoms with Gasteiger partial charge in [0.2, 0.25) is 0 Å². The third-order valence-corrected chi connectivity index (χ3v) is 4.50. The van der Waals surface area contributed by atoms with Crippen LogP contribution in [0.25, 0.3) is 10.8 Å². The Balaban J connectivity index is 0.00000176. The number of hydrogen-bond acceptors (Lipinski definition) is 3. The maximum absolute atomic E-state index is 6.34. The average Bonchev–Trinajstić information content (AvgIpc) is 3.06. The Bertz CT molecular complexity index is 688. The van der Waals surface area contributed by atoms with E-state index in [1.807, 2.05) is 7.05 Å². The van der Waals surface area contributed by atoms with Crippen molar-refractivity contribution in [3.8, 4) is 5.75 Å². The summed E-state index contributed by atoms with van der Waals surface area (Å²) in [5.74, 6) is 0.961. The van der Waals surface area contributed by atoms with Crippen molar-refractivity contribution in [3.05, 3.63) is 64.9 Å². The molecule has 0 fully saturated rings. The van der Waals surface area contributed by atoms with Crippen LogP contribution in [0.2, 0.25) is 0 Å². The van der Waals surface area contributed by atoms with E-state index in [0.29, 0.717) is 0 Å². The second-order valence-electron chi connectivity index (χ2n) is 4.99. The average molecular weight is 313 g/mol. The van der Waals surface area contributed by atoms with Gasteiger partial charge in [0.15, 0.2) is 0 Å². The number of ether oxygens (including phenoxy) is 1. The molecule has 1 aromatic heterocycles. The summed E-state index contributed by atoms with van der Waals surface area (Å²) in [5, 5.41) is 7.70. The van der Waals surface area contributed by atoms with Gasteiger partial charge in [0.1, 0.15) is 11.9 Å². The highest BCUT2D eigenvalue weighted by atomic mass is 32.1. The van der Waals surface area contributed by atoms with E-state index in [4.69, 9.17) is 4.74 Å². The molecule has 1 heterocycles. The summed E-state index contributed by atoms with van der Waals surface area (Å²) in [7, 11) is 1.98. The van der Waals surface area contributed by atoms with Gasteiger partial charge in [-0.2, -0.15) is 0 Å². The number of hydrogen-bond donors (Lipinski definition) is 1. The van der Waals surface area contributed by atoms with Crippen LogP contribution in [-0.2, 0) is 0 Å². The van der Waals surface area contributed by atoms with E-state index in [1.54, 1.807) is 11.3 Å². The van der Waals surface area contributed by atoms with Crippen LogP contribution in [-0.4, -0.2) is 13.6 Å². The van der Waals surface area contributed by atoms with Crippen molar-refractivity contribution in [1.29, 1.82) is 0 Å². The standard InChI is InChI=1S/C18H19NOS.CH4/c1-19-12-11-17(18-10-5-13-21-18)20-16-9-4-7-14-6-2-3-8-15(14)16;/h2-10,13,17,19H,11-12H2,1H3;1H4/t17-;/m0./s1. The molecule has 0 saturated heterocycles. The molecule has 2 nitrogen and oxygen atoms in total. The van der Waals surface area contributed by atoms with E-state index >= 15 is 0 Å². The molecule has 0 amide bonds. The predicted octanol–water partition coefficient (Wildman–Crippen LogP) is 5.27. The Morgan fingerprint density at radius 2 is 1.86 bits per heavy atom. The summed E-state index contributed by atoms with van der Waals surface area (Å²) in [6.07, 6.45) is 1.06. The van der Waals surface area contributed by atoms with Gasteiger partial charge in [-0.3, -0.25) is 0 Å². The first kappa shape index (κ1) is 16.5. The molecule has 116 valence electrons. The molecule has 3 heteroatoms. The van der Waals surface area contributed by atoms with Crippen molar-refractivity contribution < 1.29 is 4.74 Å². The maximum atomic E-state index is 6.34. The van der Waals surface area contributed by atoms with Gasteiger partial charge in [-0.25, -0.2) is 0 Å². The first-order valence-corrected chi connectivity index (χ1v) is 8.09. The van der Waals surface area contributed by atoms with Crippen LogP contribution in [0.3, 0.4) is 0 Å². The molecule has 0 aliphatic rings. The van der Waals surface area contributed by atoms with Crippen molar-refractivity contribution in [2.45, 2.75) is 20.0 Å². The van der Waals surface area contributed by atoms with E-state index in [0.717, 1.165) is 18.7 Å². The van der Waals surface area contributed by atoms with Crippen LogP contribution < -0.4 is 10.1 Å². The molecule has 22 heavy (non-hydrogen) atoms. The lowest BCUT2D eigenvalue weighted by molar-refractivity contribution is 0.201. The summed E-state index contributed by atoms with van der Waals surface area (Å²) in [6.45, 7) is 0.938. The van der Waals surface area contributed by atoms with Gasteiger partial charge >= 0.3 is 0 Å². The topological polar surface area (TPSA) is 21.3 Å². The monoisotopic (exact) mass is 313 g/mol. The summed E-state index contributed by atoms with van der Waals surface area (Å²) >= 11 is 1.75. The normalized spacial score (nSPS) is 11.9. The molecule has 3 rings (SSSR count). The molecular weight excluding hydrogens is 290 g/mol. The summed E-state index contributed by atoms with van der Waals surface area (Å²) in [4.78, 5) is 1.28. The van der Waals surface area contributed by atoms with Gasteiger partial charge in [0.05, 0.1) is 0 Å². The number of benzene rings is 2. The van der Waals surface area contributed by atoms with Crippen LogP contribution >= 0.6 is 11.3 Å². The molecule has 0 aliphatic heterocycles. The van der Waals surface area contributed by atoms with Crippen LogP contribution in [0, 0.1) is 0 Å². The molecule has 0 aliphatic carbocycles. The lowest BCUT2D eigenvalue weighted by atomic mass is 10.1. The van der Waals surface area contributed by atoms with E-state index in [-0.39, 0.29) is 13.5 Å². The van der Waals surface area contributed by atoms with Crippen molar-refractivity contribution in [1.82, 2.24) is 5.32 Å². The van der Waals surface area contributed by atoms with Gasteiger partial charge in [-0.15, -0.1) is 11.3 Å². The number of nitrogens with one attached hydrogen (secondary N) is 1. The fraction of sp³-hybridized carbons (Fsp3) is 0.263. The van der Waals surface area contributed by atoms with E-state index < -0.39 is 0 Å². The minimum atomic E-state index is 0. The lowest BCUT2D eigenvalue weighted by Gasteiger charge is -2.19. The van der Waals surface area contributed by atoms with Gasteiger partial charge in [-0.05, 0) is 36.5 Å². The third-order valence-electron chi connectivity index (χ3n) is 3.54. The Morgan fingerprint density at radius 3 is 2.64 bits per heavy atom. The second-order valence-corrected chi connectivity index (χ2v) is 5.97. The predicted molar refractivity (Wildman–Crippen MR) is 96.9 cm³/mol. The maximum Gasteiger partial charge on any atom is 0.134 e. The number of rotatable bonds is 6. The minimum Gasteiger partial charge on any atom is -0.484 e. The third kappa shape index (κ3) is 3.67. The van der Waals surface area contributed by atoms with Crippen LogP contribution in [0.1, 0.15) is 24.8 Å². The van der Waals surface area contributed by atoms with E-state index in [1.165, 1.54) is 15.6 Å². The zero-order valence-electron chi connectivity index (χ0n) is 12.1. The van der Waals surface area contributed by atoms with Crippen molar-refractivity contribution >= 4 is 22.1 Å². The molecule has 1 N–H and O–H groups in total. The first-order valence-electron chi connectivity index (χ1n) is 7.21. The summed E-state index contributed by atoms with van der Waals surface area (Å²) in [5.41, 5.74) is 0. The molecule has 0 saturated carbocycles. The first-order chi connectivity index (χ1) is 10.4. The molecule has 1 atom stereocenters. The van der Waals surface area contributed by atoms with Crippen LogP contribution in [0.4, 0.5) is 0 Å². The summed E-state index contributed by atoms with van der Waals surface area (Å²) < 4.78 is 6.34. The molecule has 0 radical (unpaired) electrons. The Hall–Kier alpha value is -1.84. The Labute approximate surface area is 136 Å². The van der Waals surface area contributed by atoms with Crippen molar-refractivity contribution in [3.63, 3.8) is 0 Å². The molecule has 0 bridgehead atoms.